The van der Waals surface area contributed by atoms with Crippen LogP contribution in [0, 0.1) is 0 Å². The summed E-state index contributed by atoms with van der Waals surface area (Å²) in [5.41, 5.74) is 2.18. The van der Waals surface area contributed by atoms with Gasteiger partial charge in [0.15, 0.2) is 5.96 Å². The lowest BCUT2D eigenvalue weighted by Crippen LogP contribution is -2.39. The van der Waals surface area contributed by atoms with Gasteiger partial charge in [0.25, 0.3) is 0 Å². The van der Waals surface area contributed by atoms with Crippen molar-refractivity contribution in [3.8, 4) is 11.3 Å². The number of imidazole rings is 1. The number of aromatic amines is 1. The molecule has 0 unspecified atom stereocenters. The lowest BCUT2D eigenvalue weighted by atomic mass is 10.2. The summed E-state index contributed by atoms with van der Waals surface area (Å²) in [6.45, 7) is 2.35. The molecule has 6 heteroatoms. The molecule has 1 aromatic carbocycles. The van der Waals surface area contributed by atoms with Crippen LogP contribution < -0.4 is 5.32 Å². The molecule has 27 heavy (non-hydrogen) atoms. The third-order valence-corrected chi connectivity index (χ3v) is 4.93. The van der Waals surface area contributed by atoms with Crippen molar-refractivity contribution in [3.05, 3.63) is 42.4 Å². The highest BCUT2D eigenvalue weighted by molar-refractivity contribution is 5.79. The van der Waals surface area contributed by atoms with Crippen LogP contribution in [0.2, 0.25) is 0 Å². The lowest BCUT2D eigenvalue weighted by Gasteiger charge is -2.21. The highest BCUT2D eigenvalue weighted by Crippen LogP contribution is 2.20. The molecule has 2 aromatic rings. The predicted octanol–water partition coefficient (Wildman–Crippen LogP) is 3.43. The fraction of sp³-hybridized carbons (Fsp3) is 0.524. The Labute approximate surface area is 162 Å². The van der Waals surface area contributed by atoms with Gasteiger partial charge in [-0.2, -0.15) is 0 Å². The van der Waals surface area contributed by atoms with E-state index in [0.717, 1.165) is 42.6 Å². The molecule has 146 valence electrons. The van der Waals surface area contributed by atoms with Gasteiger partial charge in [-0.3, -0.25) is 4.99 Å². The van der Waals surface area contributed by atoms with Gasteiger partial charge < -0.3 is 19.9 Å². The predicted molar refractivity (Wildman–Crippen MR) is 110 cm³/mol. The van der Waals surface area contributed by atoms with Crippen LogP contribution in [-0.4, -0.2) is 54.2 Å². The summed E-state index contributed by atoms with van der Waals surface area (Å²) in [5, 5.41) is 3.41. The Morgan fingerprint density at radius 1 is 1.30 bits per heavy atom. The fourth-order valence-electron chi connectivity index (χ4n) is 3.47. The number of H-pyrrole nitrogens is 1. The largest absolute Gasteiger partial charge is 0.378 e. The SMILES string of the molecule is CN=C(NCCCOC1CCCC1)N(C)Cc1ncc(-c2ccccc2)[nH]1. The minimum atomic E-state index is 0.491. The van der Waals surface area contributed by atoms with Crippen LogP contribution in [0.5, 0.6) is 0 Å². The first-order valence-electron chi connectivity index (χ1n) is 9.89. The molecule has 0 radical (unpaired) electrons. The molecule has 1 aromatic heterocycles. The average molecular weight is 370 g/mol. The number of nitrogens with zero attached hydrogens (tertiary/aromatic N) is 3. The van der Waals surface area contributed by atoms with E-state index < -0.39 is 0 Å². The monoisotopic (exact) mass is 369 g/mol. The maximum Gasteiger partial charge on any atom is 0.193 e. The van der Waals surface area contributed by atoms with E-state index in [0.29, 0.717) is 12.6 Å². The van der Waals surface area contributed by atoms with Crippen LogP contribution in [0.4, 0.5) is 0 Å². The molecule has 3 rings (SSSR count). The average Bonchev–Trinajstić information content (AvgIpc) is 3.37. The van der Waals surface area contributed by atoms with E-state index in [9.17, 15) is 0 Å². The van der Waals surface area contributed by atoms with Crippen LogP contribution in [0.3, 0.4) is 0 Å². The number of ether oxygens (including phenoxy) is 1. The van der Waals surface area contributed by atoms with E-state index in [1.54, 1.807) is 0 Å². The lowest BCUT2D eigenvalue weighted by molar-refractivity contribution is 0.0573. The molecule has 1 saturated carbocycles. The summed E-state index contributed by atoms with van der Waals surface area (Å²) in [6.07, 6.45) is 8.46. The van der Waals surface area contributed by atoms with Gasteiger partial charge >= 0.3 is 0 Å². The molecular weight excluding hydrogens is 338 g/mol. The highest BCUT2D eigenvalue weighted by atomic mass is 16.5. The van der Waals surface area contributed by atoms with Crippen molar-refractivity contribution in [1.82, 2.24) is 20.2 Å². The molecular formula is C21H31N5O. The van der Waals surface area contributed by atoms with Crippen LogP contribution in [0.15, 0.2) is 41.5 Å². The number of benzene rings is 1. The van der Waals surface area contributed by atoms with Gasteiger partial charge in [0.2, 0.25) is 0 Å². The maximum atomic E-state index is 5.91. The summed E-state index contributed by atoms with van der Waals surface area (Å²) in [5.74, 6) is 1.79. The molecule has 6 nitrogen and oxygen atoms in total. The zero-order valence-corrected chi connectivity index (χ0v) is 16.4. The number of nitrogens with one attached hydrogen (secondary N) is 2. The van der Waals surface area contributed by atoms with Crippen LogP contribution in [0.25, 0.3) is 11.3 Å². The third kappa shape index (κ3) is 5.82. The van der Waals surface area contributed by atoms with Crippen LogP contribution in [0.1, 0.15) is 37.9 Å². The van der Waals surface area contributed by atoms with Crippen molar-refractivity contribution in [2.24, 2.45) is 4.99 Å². The first kappa shape index (κ1) is 19.4. The zero-order chi connectivity index (χ0) is 18.9. The Kier molecular flexibility index (Phi) is 7.27. The topological polar surface area (TPSA) is 65.5 Å². The first-order chi connectivity index (χ1) is 13.3. The Balaban J connectivity index is 1.42. The van der Waals surface area contributed by atoms with Gasteiger partial charge in [-0.15, -0.1) is 0 Å². The van der Waals surface area contributed by atoms with E-state index in [1.165, 1.54) is 25.7 Å². The molecule has 0 aliphatic heterocycles. The minimum absolute atomic E-state index is 0.491. The van der Waals surface area contributed by atoms with E-state index in [-0.39, 0.29) is 0 Å². The Hall–Kier alpha value is -2.34. The molecule has 1 aliphatic rings. The van der Waals surface area contributed by atoms with E-state index in [2.05, 4.69) is 37.3 Å². The Morgan fingerprint density at radius 2 is 2.07 bits per heavy atom. The van der Waals surface area contributed by atoms with Gasteiger partial charge in [-0.25, -0.2) is 4.98 Å². The van der Waals surface area contributed by atoms with Crippen LogP contribution >= 0.6 is 0 Å². The first-order valence-corrected chi connectivity index (χ1v) is 9.89. The third-order valence-electron chi connectivity index (χ3n) is 4.93. The zero-order valence-electron chi connectivity index (χ0n) is 16.4. The standard InChI is InChI=1S/C21H31N5O/c1-22-21(23-13-8-14-27-18-11-6-7-12-18)26(2)16-20-24-15-19(25-20)17-9-4-3-5-10-17/h3-5,9-10,15,18H,6-8,11-14,16H2,1-2H3,(H,22,23)(H,24,25). The van der Waals surface area contributed by atoms with E-state index in [1.807, 2.05) is 38.5 Å². The van der Waals surface area contributed by atoms with Crippen molar-refractivity contribution in [2.75, 3.05) is 27.2 Å². The molecule has 0 saturated heterocycles. The van der Waals surface area contributed by atoms with Crippen molar-refractivity contribution in [2.45, 2.75) is 44.8 Å². The summed E-state index contributed by atoms with van der Waals surface area (Å²) >= 11 is 0. The van der Waals surface area contributed by atoms with E-state index >= 15 is 0 Å². The number of aliphatic imine (C=N–C) groups is 1. The molecule has 1 heterocycles. The molecule has 2 N–H and O–H groups in total. The van der Waals surface area contributed by atoms with Gasteiger partial charge in [-0.05, 0) is 24.8 Å². The summed E-state index contributed by atoms with van der Waals surface area (Å²) in [4.78, 5) is 14.3. The minimum Gasteiger partial charge on any atom is -0.378 e. The number of hydrogen-bond donors (Lipinski definition) is 2. The second-order valence-electron chi connectivity index (χ2n) is 7.07. The molecule has 0 amide bonds. The Bertz CT molecular complexity index is 706. The second kappa shape index (κ2) is 10.1. The summed E-state index contributed by atoms with van der Waals surface area (Å²) < 4.78 is 5.91. The summed E-state index contributed by atoms with van der Waals surface area (Å²) in [7, 11) is 3.83. The van der Waals surface area contributed by atoms with Crippen molar-refractivity contribution < 1.29 is 4.74 Å². The van der Waals surface area contributed by atoms with Crippen molar-refractivity contribution in [3.63, 3.8) is 0 Å². The maximum absolute atomic E-state index is 5.91. The van der Waals surface area contributed by atoms with Crippen molar-refractivity contribution >= 4 is 5.96 Å². The van der Waals surface area contributed by atoms with Gasteiger partial charge in [-0.1, -0.05) is 43.2 Å². The van der Waals surface area contributed by atoms with Crippen LogP contribution in [-0.2, 0) is 11.3 Å². The smallest absolute Gasteiger partial charge is 0.193 e. The van der Waals surface area contributed by atoms with Gasteiger partial charge in [0, 0.05) is 27.2 Å². The molecule has 0 spiro atoms. The molecule has 1 fully saturated rings. The van der Waals surface area contributed by atoms with Gasteiger partial charge in [0.1, 0.15) is 5.82 Å². The highest BCUT2D eigenvalue weighted by Gasteiger charge is 2.15. The molecule has 0 bridgehead atoms. The fourth-order valence-corrected chi connectivity index (χ4v) is 3.47. The van der Waals surface area contributed by atoms with Crippen molar-refractivity contribution in [1.29, 1.82) is 0 Å². The van der Waals surface area contributed by atoms with Gasteiger partial charge in [0.05, 0.1) is 24.5 Å². The number of guanidine groups is 1. The second-order valence-corrected chi connectivity index (χ2v) is 7.07. The molecule has 0 atom stereocenters. The number of rotatable bonds is 8. The van der Waals surface area contributed by atoms with E-state index in [4.69, 9.17) is 4.74 Å². The Morgan fingerprint density at radius 3 is 2.81 bits per heavy atom. The quantitative estimate of drug-likeness (QED) is 0.425. The molecule has 1 aliphatic carbocycles. The number of hydrogen-bond acceptors (Lipinski definition) is 3. The normalized spacial score (nSPS) is 15.3. The summed E-state index contributed by atoms with van der Waals surface area (Å²) in [6, 6.07) is 10.2. The number of aromatic nitrogens is 2.